The van der Waals surface area contributed by atoms with E-state index < -0.39 is 11.0 Å². The van der Waals surface area contributed by atoms with E-state index in [0.717, 1.165) is 0 Å². The summed E-state index contributed by atoms with van der Waals surface area (Å²) in [5, 5.41) is 16.0. The summed E-state index contributed by atoms with van der Waals surface area (Å²) >= 11 is 3.08. The van der Waals surface area contributed by atoms with Crippen molar-refractivity contribution in [2.45, 2.75) is 26.3 Å². The van der Waals surface area contributed by atoms with Gasteiger partial charge in [0.1, 0.15) is 0 Å². The molecule has 0 fully saturated rings. The lowest BCUT2D eigenvalue weighted by atomic mass is 10.1. The van der Waals surface area contributed by atoms with E-state index in [-0.39, 0.29) is 11.2 Å². The largest absolute Gasteiger partial charge is 0.333 e. The van der Waals surface area contributed by atoms with Gasteiger partial charge >= 0.3 is 6.03 Å². The Labute approximate surface area is 113 Å². The highest BCUT2D eigenvalue weighted by molar-refractivity contribution is 9.10. The lowest BCUT2D eigenvalue weighted by Crippen LogP contribution is -2.43. The summed E-state index contributed by atoms with van der Waals surface area (Å²) in [6.45, 7) is 5.53. The zero-order valence-corrected chi connectivity index (χ0v) is 11.9. The molecule has 0 saturated carbocycles. The number of carbonyl (C=O) groups excluding carboxylic acids is 1. The first-order valence-corrected chi connectivity index (χ1v) is 6.01. The number of nitrogens with one attached hydrogen (secondary N) is 2. The minimum atomic E-state index is -0.517. The van der Waals surface area contributed by atoms with Gasteiger partial charge in [0.15, 0.2) is 0 Å². The Balaban J connectivity index is 2.83. The minimum absolute atomic E-state index is 0.0939. The van der Waals surface area contributed by atoms with E-state index in [1.807, 2.05) is 20.8 Å². The van der Waals surface area contributed by atoms with Crippen LogP contribution in [-0.4, -0.2) is 16.5 Å². The van der Waals surface area contributed by atoms with Crippen LogP contribution in [0.2, 0.25) is 0 Å². The first-order valence-electron chi connectivity index (χ1n) is 5.22. The second-order valence-electron chi connectivity index (χ2n) is 4.75. The van der Waals surface area contributed by atoms with Gasteiger partial charge in [0.05, 0.1) is 9.40 Å². The van der Waals surface area contributed by atoms with Crippen LogP contribution >= 0.6 is 15.9 Å². The number of hydrogen-bond donors (Lipinski definition) is 2. The highest BCUT2D eigenvalue weighted by atomic mass is 79.9. The molecule has 0 spiro atoms. The molecule has 18 heavy (non-hydrogen) atoms. The average Bonchev–Trinajstić information content (AvgIpc) is 2.17. The third-order valence-electron chi connectivity index (χ3n) is 1.89. The van der Waals surface area contributed by atoms with Gasteiger partial charge < -0.3 is 10.6 Å². The summed E-state index contributed by atoms with van der Waals surface area (Å²) in [7, 11) is 0. The first-order chi connectivity index (χ1) is 8.19. The molecule has 1 aromatic rings. The van der Waals surface area contributed by atoms with Crippen LogP contribution in [-0.2, 0) is 0 Å². The summed E-state index contributed by atoms with van der Waals surface area (Å²) in [6, 6.07) is 4.00. The monoisotopic (exact) mass is 315 g/mol. The molecule has 0 radical (unpaired) electrons. The molecule has 0 aliphatic rings. The second-order valence-corrected chi connectivity index (χ2v) is 5.61. The van der Waals surface area contributed by atoms with Gasteiger partial charge in [0, 0.05) is 17.3 Å². The topological polar surface area (TPSA) is 84.3 Å². The van der Waals surface area contributed by atoms with Gasteiger partial charge in [-0.2, -0.15) is 0 Å². The van der Waals surface area contributed by atoms with Gasteiger partial charge in [-0.25, -0.2) is 4.79 Å². The molecule has 7 heteroatoms. The molecule has 2 amide bonds. The van der Waals surface area contributed by atoms with Crippen molar-refractivity contribution in [2.24, 2.45) is 0 Å². The van der Waals surface area contributed by atoms with Crippen LogP contribution in [0.15, 0.2) is 22.7 Å². The summed E-state index contributed by atoms with van der Waals surface area (Å²) in [5.74, 6) is 0. The Kier molecular flexibility index (Phi) is 4.28. The molecule has 6 nitrogen and oxygen atoms in total. The zero-order chi connectivity index (χ0) is 13.9. The molecular weight excluding hydrogens is 302 g/mol. The normalized spacial score (nSPS) is 10.9. The van der Waals surface area contributed by atoms with Crippen molar-refractivity contribution in [1.82, 2.24) is 5.32 Å². The summed E-state index contributed by atoms with van der Waals surface area (Å²) < 4.78 is 0.370. The van der Waals surface area contributed by atoms with Crippen LogP contribution in [0.5, 0.6) is 0 Å². The van der Waals surface area contributed by atoms with Gasteiger partial charge in [-0.15, -0.1) is 0 Å². The van der Waals surface area contributed by atoms with Crippen molar-refractivity contribution >= 4 is 33.3 Å². The van der Waals surface area contributed by atoms with Gasteiger partial charge in [0.25, 0.3) is 5.69 Å². The molecule has 1 rings (SSSR count). The van der Waals surface area contributed by atoms with Crippen LogP contribution in [0.4, 0.5) is 16.2 Å². The number of amides is 2. The molecule has 98 valence electrons. The van der Waals surface area contributed by atoms with E-state index >= 15 is 0 Å². The van der Waals surface area contributed by atoms with E-state index in [1.165, 1.54) is 12.1 Å². The number of urea groups is 1. The Morgan fingerprint density at radius 2 is 2.00 bits per heavy atom. The second kappa shape index (κ2) is 5.34. The summed E-state index contributed by atoms with van der Waals surface area (Å²) in [4.78, 5) is 21.8. The Hall–Kier alpha value is -1.63. The molecule has 0 heterocycles. The molecular formula is C11H14BrN3O3. The highest BCUT2D eigenvalue weighted by Crippen LogP contribution is 2.27. The number of anilines is 1. The summed E-state index contributed by atoms with van der Waals surface area (Å²) in [6.07, 6.45) is 0. The zero-order valence-electron chi connectivity index (χ0n) is 10.3. The van der Waals surface area contributed by atoms with Gasteiger partial charge in [-0.05, 0) is 48.8 Å². The van der Waals surface area contributed by atoms with Gasteiger partial charge in [-0.3, -0.25) is 10.1 Å². The smallest absolute Gasteiger partial charge is 0.319 e. The molecule has 1 aromatic carbocycles. The van der Waals surface area contributed by atoms with Gasteiger partial charge in [0.2, 0.25) is 0 Å². The molecule has 2 N–H and O–H groups in total. The number of hydrogen-bond acceptors (Lipinski definition) is 3. The lowest BCUT2D eigenvalue weighted by Gasteiger charge is -2.20. The predicted molar refractivity (Wildman–Crippen MR) is 72.7 cm³/mol. The lowest BCUT2D eigenvalue weighted by molar-refractivity contribution is -0.385. The number of nitro benzene ring substituents is 1. The van der Waals surface area contributed by atoms with E-state index in [0.29, 0.717) is 10.2 Å². The maximum absolute atomic E-state index is 11.6. The van der Waals surface area contributed by atoms with Crippen LogP contribution in [0.1, 0.15) is 20.8 Å². The Morgan fingerprint density at radius 1 is 1.39 bits per heavy atom. The predicted octanol–water partition coefficient (Wildman–Crippen LogP) is 3.28. The van der Waals surface area contributed by atoms with Crippen molar-refractivity contribution in [3.8, 4) is 0 Å². The molecule has 0 unspecified atom stereocenters. The van der Waals surface area contributed by atoms with Crippen molar-refractivity contribution in [3.63, 3.8) is 0 Å². The van der Waals surface area contributed by atoms with E-state index in [2.05, 4.69) is 26.6 Å². The average molecular weight is 316 g/mol. The molecule has 0 aliphatic heterocycles. The van der Waals surface area contributed by atoms with Crippen LogP contribution in [0, 0.1) is 10.1 Å². The fraction of sp³-hybridized carbons (Fsp3) is 0.364. The van der Waals surface area contributed by atoms with E-state index in [4.69, 9.17) is 0 Å². The van der Waals surface area contributed by atoms with E-state index in [9.17, 15) is 14.9 Å². The number of carbonyl (C=O) groups is 1. The Bertz CT molecular complexity index is 483. The number of benzene rings is 1. The summed E-state index contributed by atoms with van der Waals surface area (Å²) in [5.41, 5.74) is -0.0963. The molecule has 0 aromatic heterocycles. The van der Waals surface area contributed by atoms with Crippen molar-refractivity contribution in [1.29, 1.82) is 0 Å². The van der Waals surface area contributed by atoms with Gasteiger partial charge in [-0.1, -0.05) is 0 Å². The van der Waals surface area contributed by atoms with Crippen LogP contribution in [0.25, 0.3) is 0 Å². The van der Waals surface area contributed by atoms with Crippen molar-refractivity contribution < 1.29 is 9.72 Å². The third-order valence-corrected chi connectivity index (χ3v) is 2.56. The first kappa shape index (κ1) is 14.4. The molecule has 0 atom stereocenters. The number of halogens is 1. The van der Waals surface area contributed by atoms with Crippen molar-refractivity contribution in [3.05, 3.63) is 32.8 Å². The molecule has 0 saturated heterocycles. The fourth-order valence-electron chi connectivity index (χ4n) is 1.23. The third kappa shape index (κ3) is 4.33. The molecule has 0 bridgehead atoms. The maximum Gasteiger partial charge on any atom is 0.319 e. The van der Waals surface area contributed by atoms with Crippen LogP contribution < -0.4 is 10.6 Å². The number of nitrogens with zero attached hydrogens (tertiary/aromatic N) is 1. The van der Waals surface area contributed by atoms with E-state index in [1.54, 1.807) is 6.07 Å². The van der Waals surface area contributed by atoms with Crippen LogP contribution in [0.3, 0.4) is 0 Å². The SMILES string of the molecule is CC(C)(C)NC(=O)Nc1ccc(Br)c([N+](=O)[O-])c1. The standard InChI is InChI=1S/C11H14BrN3O3/c1-11(2,3)14-10(16)13-7-4-5-8(12)9(6-7)15(17)18/h4-6H,1-3H3,(H2,13,14,16). The minimum Gasteiger partial charge on any atom is -0.333 e. The van der Waals surface area contributed by atoms with Crippen molar-refractivity contribution in [2.75, 3.05) is 5.32 Å². The Morgan fingerprint density at radius 3 is 2.50 bits per heavy atom. The quantitative estimate of drug-likeness (QED) is 0.648. The molecule has 0 aliphatic carbocycles. The highest BCUT2D eigenvalue weighted by Gasteiger charge is 2.16. The number of nitro groups is 1. The fourth-order valence-corrected chi connectivity index (χ4v) is 1.62. The maximum atomic E-state index is 11.6. The number of rotatable bonds is 2.